The molecule has 5 nitrogen and oxygen atoms in total. The molecule has 5 heteroatoms. The number of aromatic hydroxyl groups is 1. The smallest absolute Gasteiger partial charge is 0.115 e. The molecule has 0 radical (unpaired) electrons. The average Bonchev–Trinajstić information content (AvgIpc) is 3.08. The molecule has 0 bridgehead atoms. The summed E-state index contributed by atoms with van der Waals surface area (Å²) in [7, 11) is 0. The van der Waals surface area contributed by atoms with Crippen LogP contribution in [-0.4, -0.2) is 26.6 Å². The molecule has 0 spiro atoms. The van der Waals surface area contributed by atoms with Crippen molar-refractivity contribution in [2.45, 2.75) is 19.4 Å². The molecule has 1 aromatic carbocycles. The number of nitrogens with one attached hydrogen (secondary N) is 1. The van der Waals surface area contributed by atoms with Crippen molar-refractivity contribution in [3.63, 3.8) is 0 Å². The quantitative estimate of drug-likeness (QED) is 0.836. The first-order valence-corrected chi connectivity index (χ1v) is 6.22. The summed E-state index contributed by atoms with van der Waals surface area (Å²) in [6.07, 6.45) is 4.62. The minimum Gasteiger partial charge on any atom is -0.508 e. The van der Waals surface area contributed by atoms with Crippen molar-refractivity contribution >= 4 is 0 Å². The molecule has 2 N–H and O–H groups in total. The van der Waals surface area contributed by atoms with Gasteiger partial charge in [-0.3, -0.25) is 0 Å². The largest absolute Gasteiger partial charge is 0.508 e. The molecule has 2 aromatic rings. The number of hydrogen-bond acceptors (Lipinski definition) is 4. The van der Waals surface area contributed by atoms with Crippen molar-refractivity contribution in [1.29, 1.82) is 0 Å². The summed E-state index contributed by atoms with van der Waals surface area (Å²) in [5, 5.41) is 20.8. The van der Waals surface area contributed by atoms with Gasteiger partial charge in [-0.25, -0.2) is 4.68 Å². The number of aromatic nitrogens is 3. The minimum atomic E-state index is 0.255. The van der Waals surface area contributed by atoms with E-state index in [1.165, 1.54) is 12.8 Å². The summed E-state index contributed by atoms with van der Waals surface area (Å²) in [5.74, 6) is 1.13. The van der Waals surface area contributed by atoms with Crippen LogP contribution in [0.25, 0.3) is 5.69 Å². The average molecular weight is 244 g/mol. The van der Waals surface area contributed by atoms with E-state index < -0.39 is 0 Å². The second kappa shape index (κ2) is 4.78. The number of phenolic OH excluding ortho intramolecular Hbond substituents is 1. The third-order valence-electron chi connectivity index (χ3n) is 3.09. The molecule has 0 saturated heterocycles. The van der Waals surface area contributed by atoms with Crippen LogP contribution in [0.3, 0.4) is 0 Å². The summed E-state index contributed by atoms with van der Waals surface area (Å²) >= 11 is 0. The van der Waals surface area contributed by atoms with Gasteiger partial charge in [0.1, 0.15) is 5.75 Å². The minimum absolute atomic E-state index is 0.255. The van der Waals surface area contributed by atoms with Crippen LogP contribution < -0.4 is 5.32 Å². The Morgan fingerprint density at radius 3 is 2.78 bits per heavy atom. The highest BCUT2D eigenvalue weighted by Crippen LogP contribution is 2.27. The fourth-order valence-corrected chi connectivity index (χ4v) is 1.84. The van der Waals surface area contributed by atoms with Crippen molar-refractivity contribution in [2.75, 3.05) is 6.54 Å². The van der Waals surface area contributed by atoms with Crippen LogP contribution in [-0.2, 0) is 6.54 Å². The number of phenols is 1. The summed E-state index contributed by atoms with van der Waals surface area (Å²) < 4.78 is 1.72. The molecule has 1 aliphatic carbocycles. The van der Waals surface area contributed by atoms with Crippen LogP contribution in [0.4, 0.5) is 0 Å². The second-order valence-electron chi connectivity index (χ2n) is 4.75. The van der Waals surface area contributed by atoms with E-state index in [-0.39, 0.29) is 5.75 Å². The van der Waals surface area contributed by atoms with E-state index in [1.807, 2.05) is 18.3 Å². The van der Waals surface area contributed by atoms with E-state index in [0.29, 0.717) is 0 Å². The first-order valence-electron chi connectivity index (χ1n) is 6.22. The van der Waals surface area contributed by atoms with Gasteiger partial charge in [0.05, 0.1) is 17.6 Å². The van der Waals surface area contributed by atoms with Gasteiger partial charge in [-0.05, 0) is 49.6 Å². The maximum Gasteiger partial charge on any atom is 0.115 e. The van der Waals surface area contributed by atoms with E-state index >= 15 is 0 Å². The van der Waals surface area contributed by atoms with E-state index in [9.17, 15) is 5.11 Å². The Kier molecular flexibility index (Phi) is 2.98. The lowest BCUT2D eigenvalue weighted by atomic mass is 10.3. The van der Waals surface area contributed by atoms with Crippen molar-refractivity contribution in [2.24, 2.45) is 5.92 Å². The Labute approximate surface area is 105 Å². The summed E-state index contributed by atoms with van der Waals surface area (Å²) in [5.41, 5.74) is 1.83. The molecule has 1 aliphatic rings. The number of benzene rings is 1. The second-order valence-corrected chi connectivity index (χ2v) is 4.75. The SMILES string of the molecule is Oc1ccc(-n2cc(CNCC3CC3)nn2)cc1. The molecule has 0 aliphatic heterocycles. The molecular formula is C13H16N4O. The molecule has 1 saturated carbocycles. The molecule has 0 amide bonds. The fourth-order valence-electron chi connectivity index (χ4n) is 1.84. The van der Waals surface area contributed by atoms with Gasteiger partial charge in [-0.15, -0.1) is 5.10 Å². The first-order chi connectivity index (χ1) is 8.81. The molecule has 1 aromatic heterocycles. The molecule has 94 valence electrons. The zero-order chi connectivity index (χ0) is 12.4. The Balaban J connectivity index is 1.62. The van der Waals surface area contributed by atoms with Crippen LogP contribution in [0, 0.1) is 5.92 Å². The van der Waals surface area contributed by atoms with E-state index in [0.717, 1.165) is 30.4 Å². The Morgan fingerprint density at radius 2 is 2.06 bits per heavy atom. The highest BCUT2D eigenvalue weighted by Gasteiger charge is 2.20. The maximum absolute atomic E-state index is 9.23. The number of rotatable bonds is 5. The lowest BCUT2D eigenvalue weighted by molar-refractivity contribution is 0.475. The van der Waals surface area contributed by atoms with Gasteiger partial charge in [-0.2, -0.15) is 0 Å². The van der Waals surface area contributed by atoms with Crippen molar-refractivity contribution in [3.05, 3.63) is 36.2 Å². The lowest BCUT2D eigenvalue weighted by Gasteiger charge is -2.00. The van der Waals surface area contributed by atoms with Crippen molar-refractivity contribution < 1.29 is 5.11 Å². The topological polar surface area (TPSA) is 63.0 Å². The van der Waals surface area contributed by atoms with Crippen LogP contribution in [0.5, 0.6) is 5.75 Å². The normalized spacial score (nSPS) is 14.9. The van der Waals surface area contributed by atoms with Crippen molar-refractivity contribution in [1.82, 2.24) is 20.3 Å². The summed E-state index contributed by atoms with van der Waals surface area (Å²) in [6, 6.07) is 6.90. The number of nitrogens with zero attached hydrogens (tertiary/aromatic N) is 3. The van der Waals surface area contributed by atoms with Crippen LogP contribution in [0.2, 0.25) is 0 Å². The third-order valence-corrected chi connectivity index (χ3v) is 3.09. The van der Waals surface area contributed by atoms with Gasteiger partial charge in [0.25, 0.3) is 0 Å². The van der Waals surface area contributed by atoms with Gasteiger partial charge in [0.2, 0.25) is 0 Å². The van der Waals surface area contributed by atoms with Gasteiger partial charge in [0, 0.05) is 6.54 Å². The predicted octanol–water partition coefficient (Wildman–Crippen LogP) is 1.47. The molecule has 1 heterocycles. The van der Waals surface area contributed by atoms with Crippen LogP contribution >= 0.6 is 0 Å². The maximum atomic E-state index is 9.23. The van der Waals surface area contributed by atoms with E-state index in [1.54, 1.807) is 16.8 Å². The van der Waals surface area contributed by atoms with Gasteiger partial charge in [0.15, 0.2) is 0 Å². The lowest BCUT2D eigenvalue weighted by Crippen LogP contribution is -2.16. The van der Waals surface area contributed by atoms with Gasteiger partial charge in [-0.1, -0.05) is 5.21 Å². The fraction of sp³-hybridized carbons (Fsp3) is 0.385. The number of hydrogen-bond donors (Lipinski definition) is 2. The predicted molar refractivity (Wildman–Crippen MR) is 67.5 cm³/mol. The van der Waals surface area contributed by atoms with E-state index in [2.05, 4.69) is 15.6 Å². The zero-order valence-electron chi connectivity index (χ0n) is 10.1. The first kappa shape index (κ1) is 11.2. The highest BCUT2D eigenvalue weighted by atomic mass is 16.3. The molecule has 1 fully saturated rings. The standard InChI is InChI=1S/C13H16N4O/c18-13-5-3-12(4-6-13)17-9-11(15-16-17)8-14-7-10-1-2-10/h3-6,9-10,14,18H,1-2,7-8H2. The molecular weight excluding hydrogens is 228 g/mol. The molecule has 0 atom stereocenters. The Morgan fingerprint density at radius 1 is 1.28 bits per heavy atom. The highest BCUT2D eigenvalue weighted by molar-refractivity contribution is 5.35. The van der Waals surface area contributed by atoms with Crippen LogP contribution in [0.1, 0.15) is 18.5 Å². The van der Waals surface area contributed by atoms with Gasteiger partial charge >= 0.3 is 0 Å². The summed E-state index contributed by atoms with van der Waals surface area (Å²) in [6.45, 7) is 1.83. The van der Waals surface area contributed by atoms with Gasteiger partial charge < -0.3 is 10.4 Å². The van der Waals surface area contributed by atoms with Crippen LogP contribution in [0.15, 0.2) is 30.5 Å². The molecule has 18 heavy (non-hydrogen) atoms. The van der Waals surface area contributed by atoms with E-state index in [4.69, 9.17) is 0 Å². The molecule has 3 rings (SSSR count). The Hall–Kier alpha value is -1.88. The monoisotopic (exact) mass is 244 g/mol. The Bertz CT molecular complexity index is 516. The zero-order valence-corrected chi connectivity index (χ0v) is 10.1. The summed E-state index contributed by atoms with van der Waals surface area (Å²) in [4.78, 5) is 0. The molecule has 0 unspecified atom stereocenters. The van der Waals surface area contributed by atoms with Crippen molar-refractivity contribution in [3.8, 4) is 11.4 Å². The third kappa shape index (κ3) is 2.68.